The summed E-state index contributed by atoms with van der Waals surface area (Å²) in [7, 11) is 0. The number of carbonyl (C=O) groups excluding carboxylic acids is 3. The largest absolute Gasteiger partial charge is 0.484 e. The smallest absolute Gasteiger partial charge is 0.258 e. The van der Waals surface area contributed by atoms with Crippen LogP contribution in [-0.4, -0.2) is 42.0 Å². The van der Waals surface area contributed by atoms with Gasteiger partial charge in [0.25, 0.3) is 11.8 Å². The summed E-state index contributed by atoms with van der Waals surface area (Å²) in [5, 5.41) is 8.44. The second kappa shape index (κ2) is 8.19. The van der Waals surface area contributed by atoms with Crippen LogP contribution in [0.1, 0.15) is 29.6 Å². The molecule has 0 unspecified atom stereocenters. The maximum absolute atomic E-state index is 13.4. The average molecular weight is 446 g/mol. The van der Waals surface area contributed by atoms with Gasteiger partial charge in [-0.2, -0.15) is 0 Å². The summed E-state index contributed by atoms with van der Waals surface area (Å²) >= 11 is 5.61. The van der Waals surface area contributed by atoms with E-state index in [-0.39, 0.29) is 52.7 Å². The van der Waals surface area contributed by atoms with Gasteiger partial charge in [0, 0.05) is 22.7 Å². The van der Waals surface area contributed by atoms with Gasteiger partial charge in [0.05, 0.1) is 11.6 Å². The summed E-state index contributed by atoms with van der Waals surface area (Å²) in [6.45, 7) is -0.353. The summed E-state index contributed by atoms with van der Waals surface area (Å²) < 4.78 is 18.7. The standard InChI is InChI=1S/C22H21ClFN3O4/c23-16-7-6-15(8-17(16)24)31-10-19(29)27-22-11-21(12-22,13-22)26-18(28)9-25-20(30)14-4-2-1-3-5-14/h1-8H,9-13H2,(H,25,30)(H,26,28)(H,27,29). The highest BCUT2D eigenvalue weighted by Gasteiger charge is 2.69. The van der Waals surface area contributed by atoms with E-state index in [4.69, 9.17) is 16.3 Å². The van der Waals surface area contributed by atoms with Crippen LogP contribution in [0.2, 0.25) is 5.02 Å². The molecule has 2 aromatic carbocycles. The molecule has 2 bridgehead atoms. The maximum atomic E-state index is 13.4. The number of rotatable bonds is 8. The second-order valence-corrected chi connectivity index (χ2v) is 8.51. The molecule has 0 atom stereocenters. The minimum atomic E-state index is -0.614. The second-order valence-electron chi connectivity index (χ2n) is 8.10. The Labute approximate surface area is 183 Å². The summed E-state index contributed by atoms with van der Waals surface area (Å²) in [4.78, 5) is 36.3. The molecular formula is C22H21ClFN3O4. The maximum Gasteiger partial charge on any atom is 0.258 e. The van der Waals surface area contributed by atoms with E-state index in [1.807, 2.05) is 6.07 Å². The molecule has 0 aromatic heterocycles. The zero-order valence-corrected chi connectivity index (χ0v) is 17.3. The molecule has 5 rings (SSSR count). The van der Waals surface area contributed by atoms with Gasteiger partial charge in [0.15, 0.2) is 6.61 Å². The molecule has 7 nitrogen and oxygen atoms in total. The van der Waals surface area contributed by atoms with Crippen LogP contribution in [0.3, 0.4) is 0 Å². The molecule has 3 aliphatic carbocycles. The van der Waals surface area contributed by atoms with Gasteiger partial charge in [-0.3, -0.25) is 14.4 Å². The zero-order chi connectivity index (χ0) is 22.1. The zero-order valence-electron chi connectivity index (χ0n) is 16.5. The first kappa shape index (κ1) is 21.1. The summed E-state index contributed by atoms with van der Waals surface area (Å²) in [5.74, 6) is -1.28. The first-order chi connectivity index (χ1) is 14.8. The molecule has 162 valence electrons. The highest BCUT2D eigenvalue weighted by Crippen LogP contribution is 2.60. The number of halogens is 2. The molecule has 0 saturated heterocycles. The lowest BCUT2D eigenvalue weighted by molar-refractivity contribution is -0.150. The molecule has 0 radical (unpaired) electrons. The van der Waals surface area contributed by atoms with E-state index in [2.05, 4.69) is 16.0 Å². The van der Waals surface area contributed by atoms with Crippen LogP contribution in [0.4, 0.5) is 4.39 Å². The van der Waals surface area contributed by atoms with E-state index >= 15 is 0 Å². The van der Waals surface area contributed by atoms with Gasteiger partial charge in [-0.25, -0.2) is 4.39 Å². The van der Waals surface area contributed by atoms with Crippen molar-refractivity contribution in [1.82, 2.24) is 16.0 Å². The van der Waals surface area contributed by atoms with Crippen molar-refractivity contribution >= 4 is 29.3 Å². The van der Waals surface area contributed by atoms with Crippen molar-refractivity contribution in [2.45, 2.75) is 30.3 Å². The molecule has 0 aliphatic heterocycles. The molecule has 3 aliphatic rings. The molecule has 2 aromatic rings. The van der Waals surface area contributed by atoms with E-state index in [1.54, 1.807) is 24.3 Å². The van der Waals surface area contributed by atoms with Gasteiger partial charge in [0.1, 0.15) is 11.6 Å². The Bertz CT molecular complexity index is 1010. The Morgan fingerprint density at radius 2 is 1.61 bits per heavy atom. The van der Waals surface area contributed by atoms with Crippen molar-refractivity contribution in [3.05, 3.63) is 64.9 Å². The fourth-order valence-electron chi connectivity index (χ4n) is 4.29. The monoisotopic (exact) mass is 445 g/mol. The molecule has 0 heterocycles. The Kier molecular flexibility index (Phi) is 5.58. The number of ether oxygens (including phenoxy) is 1. The van der Waals surface area contributed by atoms with E-state index in [0.717, 1.165) is 6.07 Å². The Morgan fingerprint density at radius 3 is 2.26 bits per heavy atom. The predicted octanol–water partition coefficient (Wildman–Crippen LogP) is 2.20. The Morgan fingerprint density at radius 1 is 0.968 bits per heavy atom. The van der Waals surface area contributed by atoms with Crippen molar-refractivity contribution in [3.63, 3.8) is 0 Å². The van der Waals surface area contributed by atoms with E-state index in [9.17, 15) is 18.8 Å². The summed E-state index contributed by atoms with van der Waals surface area (Å²) in [6.07, 6.45) is 1.87. The molecule has 3 N–H and O–H groups in total. The SMILES string of the molecule is O=C(CNC(=O)c1ccccc1)NC12CC(NC(=O)COc3ccc(Cl)c(F)c3)(C1)C2. The molecular weight excluding hydrogens is 425 g/mol. The van der Waals surface area contributed by atoms with Crippen molar-refractivity contribution in [2.24, 2.45) is 0 Å². The predicted molar refractivity (Wildman–Crippen MR) is 111 cm³/mol. The van der Waals surface area contributed by atoms with Gasteiger partial charge in [0.2, 0.25) is 5.91 Å². The van der Waals surface area contributed by atoms with E-state index in [0.29, 0.717) is 24.8 Å². The van der Waals surface area contributed by atoms with E-state index < -0.39 is 5.82 Å². The summed E-state index contributed by atoms with van der Waals surface area (Å²) in [5.41, 5.74) is -0.181. The molecule has 3 fully saturated rings. The topological polar surface area (TPSA) is 96.5 Å². The fourth-order valence-corrected chi connectivity index (χ4v) is 4.41. The van der Waals surface area contributed by atoms with Crippen LogP contribution in [0.25, 0.3) is 0 Å². The highest BCUT2D eigenvalue weighted by atomic mass is 35.5. The lowest BCUT2D eigenvalue weighted by atomic mass is 9.44. The molecule has 3 saturated carbocycles. The molecule has 31 heavy (non-hydrogen) atoms. The molecule has 9 heteroatoms. The minimum Gasteiger partial charge on any atom is -0.484 e. The van der Waals surface area contributed by atoms with Crippen molar-refractivity contribution < 1.29 is 23.5 Å². The van der Waals surface area contributed by atoms with Gasteiger partial charge < -0.3 is 20.7 Å². The molecule has 3 amide bonds. The lowest BCUT2D eigenvalue weighted by Gasteiger charge is -2.70. The minimum absolute atomic E-state index is 0.0161. The van der Waals surface area contributed by atoms with Crippen LogP contribution < -0.4 is 20.7 Å². The number of nitrogens with one attached hydrogen (secondary N) is 3. The Balaban J connectivity index is 1.16. The average Bonchev–Trinajstić information content (AvgIpc) is 2.71. The number of amides is 3. The third-order valence-electron chi connectivity index (χ3n) is 5.55. The number of hydrogen-bond acceptors (Lipinski definition) is 4. The van der Waals surface area contributed by atoms with Crippen LogP contribution in [-0.2, 0) is 9.59 Å². The van der Waals surface area contributed by atoms with Crippen molar-refractivity contribution in [2.75, 3.05) is 13.2 Å². The third kappa shape index (κ3) is 4.64. The van der Waals surface area contributed by atoms with Gasteiger partial charge >= 0.3 is 0 Å². The van der Waals surface area contributed by atoms with E-state index in [1.165, 1.54) is 12.1 Å². The van der Waals surface area contributed by atoms with Crippen LogP contribution in [0.15, 0.2) is 48.5 Å². The van der Waals surface area contributed by atoms with Gasteiger partial charge in [-0.1, -0.05) is 29.8 Å². The number of benzene rings is 2. The Hall–Kier alpha value is -3.13. The van der Waals surface area contributed by atoms with Gasteiger partial charge in [-0.05, 0) is 43.5 Å². The first-order valence-corrected chi connectivity index (χ1v) is 10.2. The van der Waals surface area contributed by atoms with Crippen LogP contribution >= 0.6 is 11.6 Å². The van der Waals surface area contributed by atoms with Crippen molar-refractivity contribution in [1.29, 1.82) is 0 Å². The number of carbonyl (C=O) groups is 3. The fraction of sp³-hybridized carbons (Fsp3) is 0.318. The summed E-state index contributed by atoms with van der Waals surface area (Å²) in [6, 6.07) is 12.6. The van der Waals surface area contributed by atoms with Crippen LogP contribution in [0.5, 0.6) is 5.75 Å². The highest BCUT2D eigenvalue weighted by molar-refractivity contribution is 6.30. The van der Waals surface area contributed by atoms with Crippen LogP contribution in [0, 0.1) is 5.82 Å². The lowest BCUT2D eigenvalue weighted by Crippen LogP contribution is -2.84. The van der Waals surface area contributed by atoms with Gasteiger partial charge in [-0.15, -0.1) is 0 Å². The quantitative estimate of drug-likeness (QED) is 0.580. The normalized spacial score (nSPS) is 23.0. The van der Waals surface area contributed by atoms with Crippen molar-refractivity contribution in [3.8, 4) is 5.75 Å². The molecule has 0 spiro atoms. The third-order valence-corrected chi connectivity index (χ3v) is 5.85. The first-order valence-electron chi connectivity index (χ1n) is 9.81. The number of hydrogen-bond donors (Lipinski definition) is 3.